The molecule has 326 valence electrons. The Morgan fingerprint density at radius 1 is 0.303 bits per heavy atom. The fraction of sp³-hybridized carbons (Fsp3) is 0.129. The summed E-state index contributed by atoms with van der Waals surface area (Å²) in [6, 6.07) is 79.3. The SMILES string of the molecule is CCc1cccc(N(c2ccc(C)cc2)c2ccc(-c3ccc(N(c4ccc(-c5ccc(N(c6cccc(CC)c6)c6cccc(OC)c6)cc5)cc4)c4cccc(CC)c4)cc3)cc2)c1. The minimum atomic E-state index is 0.827. The van der Waals surface area contributed by atoms with E-state index in [4.69, 9.17) is 4.74 Å². The van der Waals surface area contributed by atoms with E-state index in [2.05, 4.69) is 249 Å². The van der Waals surface area contributed by atoms with Gasteiger partial charge in [-0.3, -0.25) is 0 Å². The van der Waals surface area contributed by atoms with Gasteiger partial charge in [-0.25, -0.2) is 0 Å². The molecule has 66 heavy (non-hydrogen) atoms. The summed E-state index contributed by atoms with van der Waals surface area (Å²) in [5, 5.41) is 0. The van der Waals surface area contributed by atoms with Gasteiger partial charge in [-0.05, 0) is 174 Å². The number of aryl methyl sites for hydroxylation is 4. The van der Waals surface area contributed by atoms with Crippen LogP contribution in [0.4, 0.5) is 51.2 Å². The Morgan fingerprint density at radius 2 is 0.576 bits per heavy atom. The van der Waals surface area contributed by atoms with Crippen molar-refractivity contribution < 1.29 is 4.74 Å². The average Bonchev–Trinajstić information content (AvgIpc) is 3.38. The van der Waals surface area contributed by atoms with E-state index in [9.17, 15) is 0 Å². The molecule has 9 rings (SSSR count). The summed E-state index contributed by atoms with van der Waals surface area (Å²) in [5.41, 5.74) is 19.8. The maximum Gasteiger partial charge on any atom is 0.120 e. The summed E-state index contributed by atoms with van der Waals surface area (Å²) in [5.74, 6) is 0.827. The van der Waals surface area contributed by atoms with Crippen LogP contribution >= 0.6 is 0 Å². The van der Waals surface area contributed by atoms with E-state index >= 15 is 0 Å². The first-order valence-electron chi connectivity index (χ1n) is 23.2. The molecule has 0 fully saturated rings. The highest BCUT2D eigenvalue weighted by atomic mass is 16.5. The van der Waals surface area contributed by atoms with Crippen molar-refractivity contribution in [2.75, 3.05) is 21.8 Å². The van der Waals surface area contributed by atoms with Gasteiger partial charge in [-0.2, -0.15) is 0 Å². The zero-order valence-corrected chi connectivity index (χ0v) is 38.7. The van der Waals surface area contributed by atoms with Crippen LogP contribution in [0.15, 0.2) is 218 Å². The molecule has 0 saturated heterocycles. The Labute approximate surface area is 391 Å². The van der Waals surface area contributed by atoms with Crippen molar-refractivity contribution in [3.63, 3.8) is 0 Å². The van der Waals surface area contributed by atoms with Gasteiger partial charge in [0.1, 0.15) is 5.75 Å². The topological polar surface area (TPSA) is 19.0 Å². The summed E-state index contributed by atoms with van der Waals surface area (Å²) in [7, 11) is 1.72. The van der Waals surface area contributed by atoms with Gasteiger partial charge >= 0.3 is 0 Å². The first-order chi connectivity index (χ1) is 32.4. The molecule has 0 heterocycles. The van der Waals surface area contributed by atoms with Gasteiger partial charge in [0.15, 0.2) is 0 Å². The maximum atomic E-state index is 5.63. The number of benzene rings is 9. The van der Waals surface area contributed by atoms with Gasteiger partial charge in [0.25, 0.3) is 0 Å². The highest BCUT2D eigenvalue weighted by Gasteiger charge is 2.18. The molecule has 0 spiro atoms. The summed E-state index contributed by atoms with van der Waals surface area (Å²) in [6.07, 6.45) is 2.93. The van der Waals surface area contributed by atoms with Crippen LogP contribution in [0.5, 0.6) is 5.75 Å². The van der Waals surface area contributed by atoms with Gasteiger partial charge in [0, 0.05) is 57.3 Å². The van der Waals surface area contributed by atoms with Gasteiger partial charge < -0.3 is 19.4 Å². The second kappa shape index (κ2) is 19.9. The smallest absolute Gasteiger partial charge is 0.120 e. The van der Waals surface area contributed by atoms with Crippen molar-refractivity contribution >= 4 is 51.2 Å². The lowest BCUT2D eigenvalue weighted by Gasteiger charge is -2.27. The van der Waals surface area contributed by atoms with Crippen LogP contribution in [0.1, 0.15) is 43.0 Å². The van der Waals surface area contributed by atoms with Crippen molar-refractivity contribution in [3.05, 3.63) is 241 Å². The number of nitrogens with zero attached hydrogens (tertiary/aromatic N) is 3. The predicted octanol–water partition coefficient (Wildman–Crippen LogP) is 17.4. The van der Waals surface area contributed by atoms with E-state index in [0.29, 0.717) is 0 Å². The van der Waals surface area contributed by atoms with Crippen LogP contribution in [0.2, 0.25) is 0 Å². The lowest BCUT2D eigenvalue weighted by atomic mass is 10.0. The van der Waals surface area contributed by atoms with E-state index in [-0.39, 0.29) is 0 Å². The molecule has 0 aliphatic rings. The minimum Gasteiger partial charge on any atom is -0.497 e. The lowest BCUT2D eigenvalue weighted by molar-refractivity contribution is 0.415. The van der Waals surface area contributed by atoms with E-state index in [1.807, 2.05) is 12.1 Å². The quantitative estimate of drug-likeness (QED) is 0.102. The number of rotatable bonds is 15. The number of hydrogen-bond donors (Lipinski definition) is 0. The van der Waals surface area contributed by atoms with Crippen molar-refractivity contribution in [3.8, 4) is 28.0 Å². The Balaban J connectivity index is 0.996. The number of ether oxygens (including phenoxy) is 1. The molecule has 0 saturated carbocycles. The van der Waals surface area contributed by atoms with E-state index in [1.54, 1.807) is 7.11 Å². The second-order valence-corrected chi connectivity index (χ2v) is 16.8. The molecule has 0 aromatic heterocycles. The maximum absolute atomic E-state index is 5.63. The Hall–Kier alpha value is -7.82. The summed E-state index contributed by atoms with van der Waals surface area (Å²) >= 11 is 0. The molecule has 0 unspecified atom stereocenters. The molecule has 0 radical (unpaired) electrons. The van der Waals surface area contributed by atoms with E-state index < -0.39 is 0 Å². The zero-order chi connectivity index (χ0) is 45.4. The fourth-order valence-corrected chi connectivity index (χ4v) is 8.74. The van der Waals surface area contributed by atoms with Gasteiger partial charge in [0.2, 0.25) is 0 Å². The third kappa shape index (κ3) is 9.50. The molecule has 0 aliphatic heterocycles. The van der Waals surface area contributed by atoms with Crippen LogP contribution < -0.4 is 19.4 Å². The third-order valence-electron chi connectivity index (χ3n) is 12.5. The van der Waals surface area contributed by atoms with Crippen LogP contribution in [0.25, 0.3) is 22.3 Å². The van der Waals surface area contributed by atoms with Crippen LogP contribution in [0.3, 0.4) is 0 Å². The van der Waals surface area contributed by atoms with Gasteiger partial charge in [-0.1, -0.05) is 129 Å². The minimum absolute atomic E-state index is 0.827. The molecule has 9 aromatic carbocycles. The summed E-state index contributed by atoms with van der Waals surface area (Å²) in [6.45, 7) is 8.75. The molecule has 0 aliphatic carbocycles. The molecule has 4 nitrogen and oxygen atoms in total. The first-order valence-corrected chi connectivity index (χ1v) is 23.2. The molecular formula is C62H57N3O. The standard InChI is InChI=1S/C62H57N3O/c1-6-46-13-9-16-58(41-46)63(53-31-21-45(4)22-32-53)54-33-23-49(24-34-54)50-25-35-55(36-26-50)64(59-17-10-14-47(7-2)42-59)56-37-27-51(28-38-56)52-29-39-57(40-30-52)65(60-18-11-15-48(8-3)43-60)61-19-12-20-62(44-61)66-5/h9-44H,6-8H2,1-5H3. The Bertz CT molecular complexity index is 2960. The molecule has 0 amide bonds. The van der Waals surface area contributed by atoms with Gasteiger partial charge in [-0.15, -0.1) is 0 Å². The first kappa shape index (κ1) is 43.4. The largest absolute Gasteiger partial charge is 0.497 e. The molecule has 0 bridgehead atoms. The van der Waals surface area contributed by atoms with Crippen molar-refractivity contribution in [2.45, 2.75) is 47.0 Å². The highest BCUT2D eigenvalue weighted by molar-refractivity contribution is 5.83. The third-order valence-corrected chi connectivity index (χ3v) is 12.5. The van der Waals surface area contributed by atoms with Crippen LogP contribution in [0, 0.1) is 6.92 Å². The fourth-order valence-electron chi connectivity index (χ4n) is 8.74. The van der Waals surface area contributed by atoms with Crippen LogP contribution in [-0.2, 0) is 19.3 Å². The second-order valence-electron chi connectivity index (χ2n) is 16.8. The van der Waals surface area contributed by atoms with Crippen molar-refractivity contribution in [1.29, 1.82) is 0 Å². The van der Waals surface area contributed by atoms with Crippen molar-refractivity contribution in [2.24, 2.45) is 0 Å². The normalized spacial score (nSPS) is 11.0. The highest BCUT2D eigenvalue weighted by Crippen LogP contribution is 2.41. The summed E-state index contributed by atoms with van der Waals surface area (Å²) in [4.78, 5) is 7.00. The van der Waals surface area contributed by atoms with Crippen molar-refractivity contribution in [1.82, 2.24) is 0 Å². The molecule has 0 N–H and O–H groups in total. The number of anilines is 9. The Morgan fingerprint density at radius 3 is 0.879 bits per heavy atom. The monoisotopic (exact) mass is 859 g/mol. The van der Waals surface area contributed by atoms with Crippen LogP contribution in [-0.4, -0.2) is 7.11 Å². The average molecular weight is 860 g/mol. The summed E-state index contributed by atoms with van der Waals surface area (Å²) < 4.78 is 5.63. The van der Waals surface area contributed by atoms with E-state index in [1.165, 1.54) is 33.4 Å². The predicted molar refractivity (Wildman–Crippen MR) is 281 cm³/mol. The number of hydrogen-bond acceptors (Lipinski definition) is 4. The van der Waals surface area contributed by atoms with E-state index in [0.717, 1.165) is 87.3 Å². The lowest BCUT2D eigenvalue weighted by Crippen LogP contribution is -2.10. The molecule has 0 atom stereocenters. The molecular weight excluding hydrogens is 803 g/mol. The Kier molecular flexibility index (Phi) is 13.1. The number of methoxy groups -OCH3 is 1. The molecule has 9 aromatic rings. The molecule has 4 heteroatoms. The zero-order valence-electron chi connectivity index (χ0n) is 38.7. The van der Waals surface area contributed by atoms with Gasteiger partial charge in [0.05, 0.1) is 7.11 Å².